The molecule has 4 aromatic rings. The monoisotopic (exact) mass is 390 g/mol. The molecule has 6 nitrogen and oxygen atoms in total. The number of para-hydroxylation sites is 2. The van der Waals surface area contributed by atoms with Crippen molar-refractivity contribution >= 4 is 45.3 Å². The summed E-state index contributed by atoms with van der Waals surface area (Å²) in [5.41, 5.74) is 4.08. The molecule has 28 heavy (non-hydrogen) atoms. The number of H-pyrrole nitrogens is 1. The Morgan fingerprint density at radius 1 is 1.18 bits per heavy atom. The van der Waals surface area contributed by atoms with Gasteiger partial charge >= 0.3 is 0 Å². The molecular formula is C21H18N4O2S. The molecule has 3 heterocycles. The molecule has 0 unspecified atom stereocenters. The second-order valence-electron chi connectivity index (χ2n) is 6.87. The minimum Gasteiger partial charge on any atom is -0.349 e. The van der Waals surface area contributed by atoms with Gasteiger partial charge in [-0.3, -0.25) is 14.2 Å². The van der Waals surface area contributed by atoms with Crippen molar-refractivity contribution in [3.8, 4) is 0 Å². The van der Waals surface area contributed by atoms with Crippen molar-refractivity contribution in [1.82, 2.24) is 14.5 Å². The smallest absolute Gasteiger partial charge is 0.278 e. The van der Waals surface area contributed by atoms with Crippen LogP contribution in [0, 0.1) is 0 Å². The summed E-state index contributed by atoms with van der Waals surface area (Å²) in [6, 6.07) is 15.7. The van der Waals surface area contributed by atoms with Crippen LogP contribution in [0.3, 0.4) is 0 Å². The molecule has 1 aliphatic heterocycles. The van der Waals surface area contributed by atoms with Crippen LogP contribution >= 0.6 is 11.8 Å². The average molecular weight is 390 g/mol. The van der Waals surface area contributed by atoms with E-state index in [1.165, 1.54) is 21.9 Å². The molecule has 0 saturated heterocycles. The van der Waals surface area contributed by atoms with E-state index in [4.69, 9.17) is 4.98 Å². The van der Waals surface area contributed by atoms with Crippen LogP contribution in [-0.2, 0) is 18.3 Å². The Morgan fingerprint density at radius 3 is 2.86 bits per heavy atom. The van der Waals surface area contributed by atoms with Crippen LogP contribution < -0.4 is 10.5 Å². The topological polar surface area (TPSA) is 71.0 Å². The van der Waals surface area contributed by atoms with E-state index in [-0.39, 0.29) is 17.2 Å². The summed E-state index contributed by atoms with van der Waals surface area (Å²) in [5, 5.41) is 1.46. The number of anilines is 1. The van der Waals surface area contributed by atoms with Crippen molar-refractivity contribution in [2.24, 2.45) is 7.05 Å². The Hall–Kier alpha value is -3.06. The normalized spacial score (nSPS) is 13.4. The van der Waals surface area contributed by atoms with E-state index in [1.807, 2.05) is 47.4 Å². The number of carbonyl (C=O) groups is 1. The number of aromatic amines is 1. The number of amides is 1. The Bertz CT molecular complexity index is 1290. The lowest BCUT2D eigenvalue weighted by Crippen LogP contribution is -2.31. The first kappa shape index (κ1) is 17.1. The van der Waals surface area contributed by atoms with Gasteiger partial charge in [0, 0.05) is 30.2 Å². The van der Waals surface area contributed by atoms with E-state index in [1.54, 1.807) is 7.05 Å². The minimum absolute atomic E-state index is 0.0308. The van der Waals surface area contributed by atoms with E-state index in [2.05, 4.69) is 11.1 Å². The molecule has 0 spiro atoms. The number of nitrogens with one attached hydrogen (secondary N) is 1. The second-order valence-corrected chi connectivity index (χ2v) is 7.81. The molecular weight excluding hydrogens is 372 g/mol. The van der Waals surface area contributed by atoms with Gasteiger partial charge < -0.3 is 9.88 Å². The number of nitrogens with zero attached hydrogens (tertiary/aromatic N) is 3. The van der Waals surface area contributed by atoms with Crippen molar-refractivity contribution in [1.29, 1.82) is 0 Å². The van der Waals surface area contributed by atoms with Crippen molar-refractivity contribution in [2.45, 2.75) is 11.6 Å². The molecule has 2 aromatic heterocycles. The van der Waals surface area contributed by atoms with Crippen LogP contribution in [0.15, 0.2) is 58.5 Å². The van der Waals surface area contributed by atoms with Gasteiger partial charge in [-0.25, -0.2) is 4.98 Å². The van der Waals surface area contributed by atoms with Gasteiger partial charge in [-0.1, -0.05) is 48.2 Å². The standard InChI is InChI=1S/C21H18N4O2S/c1-24-20(27)19-18(14-7-3-4-8-15(14)22-19)23-21(24)28-12-17(26)25-11-10-13-6-2-5-9-16(13)25/h2-9,22H,10-12H2,1H3. The Kier molecular flexibility index (Phi) is 3.98. The SMILES string of the molecule is Cn1c(SCC(=O)N2CCc3ccccc32)nc2c([nH]c3ccccc32)c1=O. The number of rotatable bonds is 3. The van der Waals surface area contributed by atoms with Crippen LogP contribution in [0.1, 0.15) is 5.56 Å². The first-order valence-electron chi connectivity index (χ1n) is 9.12. The summed E-state index contributed by atoms with van der Waals surface area (Å²) in [4.78, 5) is 35.2. The molecule has 0 saturated carbocycles. The minimum atomic E-state index is -0.136. The van der Waals surface area contributed by atoms with Crippen LogP contribution in [0.5, 0.6) is 0 Å². The van der Waals surface area contributed by atoms with Gasteiger partial charge in [0.05, 0.1) is 5.75 Å². The highest BCUT2D eigenvalue weighted by Crippen LogP contribution is 2.29. The highest BCUT2D eigenvalue weighted by molar-refractivity contribution is 7.99. The molecule has 1 N–H and O–H groups in total. The van der Waals surface area contributed by atoms with Gasteiger partial charge in [0.15, 0.2) is 5.16 Å². The number of hydrogen-bond donors (Lipinski definition) is 1. The quantitative estimate of drug-likeness (QED) is 0.431. The molecule has 0 bridgehead atoms. The van der Waals surface area contributed by atoms with Gasteiger partial charge in [-0.15, -0.1) is 0 Å². The third-order valence-electron chi connectivity index (χ3n) is 5.20. The fourth-order valence-corrected chi connectivity index (χ4v) is 4.59. The van der Waals surface area contributed by atoms with Crippen molar-refractivity contribution < 1.29 is 4.79 Å². The summed E-state index contributed by atoms with van der Waals surface area (Å²) in [5.74, 6) is 0.269. The summed E-state index contributed by atoms with van der Waals surface area (Å²) < 4.78 is 1.51. The van der Waals surface area contributed by atoms with E-state index < -0.39 is 0 Å². The van der Waals surface area contributed by atoms with Crippen molar-refractivity contribution in [2.75, 3.05) is 17.2 Å². The first-order chi connectivity index (χ1) is 13.6. The Balaban J connectivity index is 1.46. The fraction of sp³-hybridized carbons (Fsp3) is 0.190. The van der Waals surface area contributed by atoms with E-state index >= 15 is 0 Å². The molecule has 1 amide bonds. The zero-order valence-corrected chi connectivity index (χ0v) is 16.1. The van der Waals surface area contributed by atoms with Crippen LogP contribution in [0.2, 0.25) is 0 Å². The van der Waals surface area contributed by atoms with Gasteiger partial charge in [-0.2, -0.15) is 0 Å². The number of hydrogen-bond acceptors (Lipinski definition) is 4. The van der Waals surface area contributed by atoms with Crippen LogP contribution in [0.25, 0.3) is 21.9 Å². The van der Waals surface area contributed by atoms with Gasteiger partial charge in [0.25, 0.3) is 5.56 Å². The Labute approximate surface area is 165 Å². The van der Waals surface area contributed by atoms with E-state index in [0.29, 0.717) is 22.7 Å². The molecule has 0 radical (unpaired) electrons. The summed E-state index contributed by atoms with van der Waals surface area (Å²) >= 11 is 1.30. The van der Waals surface area contributed by atoms with Crippen molar-refractivity contribution in [3.63, 3.8) is 0 Å². The lowest BCUT2D eigenvalue weighted by molar-refractivity contribution is -0.116. The highest BCUT2D eigenvalue weighted by Gasteiger charge is 2.24. The number of aromatic nitrogens is 3. The van der Waals surface area contributed by atoms with Gasteiger partial charge in [0.1, 0.15) is 11.0 Å². The summed E-state index contributed by atoms with van der Waals surface area (Å²) in [6.07, 6.45) is 0.880. The second kappa shape index (κ2) is 6.53. The van der Waals surface area contributed by atoms with Gasteiger partial charge in [-0.05, 0) is 24.1 Å². The zero-order chi connectivity index (χ0) is 19.3. The van der Waals surface area contributed by atoms with E-state index in [9.17, 15) is 9.59 Å². The first-order valence-corrected chi connectivity index (χ1v) is 10.1. The maximum Gasteiger partial charge on any atom is 0.278 e. The molecule has 0 atom stereocenters. The van der Waals surface area contributed by atoms with Gasteiger partial charge in [0.2, 0.25) is 5.91 Å². The van der Waals surface area contributed by atoms with Crippen molar-refractivity contribution in [3.05, 3.63) is 64.4 Å². The number of fused-ring (bicyclic) bond motifs is 4. The third-order valence-corrected chi connectivity index (χ3v) is 6.22. The largest absolute Gasteiger partial charge is 0.349 e. The molecule has 1 aliphatic rings. The highest BCUT2D eigenvalue weighted by atomic mass is 32.2. The fourth-order valence-electron chi connectivity index (χ4n) is 3.75. The molecule has 0 aliphatic carbocycles. The number of carbonyl (C=O) groups excluding carboxylic acids is 1. The maximum atomic E-state index is 12.8. The summed E-state index contributed by atoms with van der Waals surface area (Å²) in [6.45, 7) is 0.701. The molecule has 7 heteroatoms. The number of benzene rings is 2. The maximum absolute atomic E-state index is 12.8. The molecule has 5 rings (SSSR count). The molecule has 140 valence electrons. The average Bonchev–Trinajstić information content (AvgIpc) is 3.31. The molecule has 0 fully saturated rings. The van der Waals surface area contributed by atoms with Crippen LogP contribution in [-0.4, -0.2) is 32.7 Å². The molecule has 2 aromatic carbocycles. The third kappa shape index (κ3) is 2.62. The zero-order valence-electron chi connectivity index (χ0n) is 15.3. The number of thioether (sulfide) groups is 1. The predicted octanol–water partition coefficient (Wildman–Crippen LogP) is 3.10. The van der Waals surface area contributed by atoms with Crippen LogP contribution in [0.4, 0.5) is 5.69 Å². The lowest BCUT2D eigenvalue weighted by Gasteiger charge is -2.17. The lowest BCUT2D eigenvalue weighted by atomic mass is 10.2. The predicted molar refractivity (Wildman–Crippen MR) is 112 cm³/mol. The Morgan fingerprint density at radius 2 is 1.96 bits per heavy atom. The summed E-state index contributed by atoms with van der Waals surface area (Å²) in [7, 11) is 1.69. The van der Waals surface area contributed by atoms with E-state index in [0.717, 1.165) is 23.0 Å².